The van der Waals surface area contributed by atoms with Gasteiger partial charge in [0.05, 0.1) is 16.7 Å². The number of carbonyl (C=O) groups excluding carboxylic acids is 1. The minimum atomic E-state index is -0.392. The predicted molar refractivity (Wildman–Crippen MR) is 58.0 cm³/mol. The molecule has 1 heterocycles. The van der Waals surface area contributed by atoms with Crippen LogP contribution < -0.4 is 0 Å². The summed E-state index contributed by atoms with van der Waals surface area (Å²) in [5.41, 5.74) is 0.508. The molecule has 1 aromatic carbocycles. The van der Waals surface area contributed by atoms with Gasteiger partial charge in [-0.1, -0.05) is 23.7 Å². The Balaban J connectivity index is 2.18. The number of aliphatic hydroxyl groups excluding tert-OH is 1. The lowest BCUT2D eigenvalue weighted by atomic mass is 10.2. The van der Waals surface area contributed by atoms with Gasteiger partial charge in [-0.25, -0.2) is 0 Å². The zero-order valence-corrected chi connectivity index (χ0v) is 8.94. The zero-order valence-electron chi connectivity index (χ0n) is 8.19. The minimum Gasteiger partial charge on any atom is -0.391 e. The van der Waals surface area contributed by atoms with Gasteiger partial charge in [0.2, 0.25) is 0 Å². The van der Waals surface area contributed by atoms with E-state index in [0.29, 0.717) is 30.1 Å². The summed E-state index contributed by atoms with van der Waals surface area (Å²) in [5.74, 6) is -0.0999. The fraction of sp³-hybridized carbons (Fsp3) is 0.364. The first-order valence-corrected chi connectivity index (χ1v) is 5.28. The Hall–Kier alpha value is -1.06. The molecule has 1 N–H and O–H groups in total. The fourth-order valence-electron chi connectivity index (χ4n) is 1.73. The summed E-state index contributed by atoms with van der Waals surface area (Å²) in [6, 6.07) is 6.97. The van der Waals surface area contributed by atoms with Crippen LogP contribution >= 0.6 is 11.6 Å². The van der Waals surface area contributed by atoms with Gasteiger partial charge < -0.3 is 10.0 Å². The maximum absolute atomic E-state index is 11.9. The lowest BCUT2D eigenvalue weighted by Gasteiger charge is -2.16. The second-order valence-corrected chi connectivity index (χ2v) is 4.08. The average Bonchev–Trinajstić information content (AvgIpc) is 2.65. The molecule has 1 atom stereocenters. The van der Waals surface area contributed by atoms with E-state index in [-0.39, 0.29) is 5.91 Å². The van der Waals surface area contributed by atoms with Crippen molar-refractivity contribution in [3.8, 4) is 0 Å². The molecule has 1 fully saturated rings. The van der Waals surface area contributed by atoms with E-state index in [4.69, 9.17) is 11.6 Å². The van der Waals surface area contributed by atoms with E-state index in [1.165, 1.54) is 0 Å². The molecule has 1 aliphatic heterocycles. The van der Waals surface area contributed by atoms with Gasteiger partial charge in [0.15, 0.2) is 0 Å². The molecule has 0 saturated carbocycles. The molecule has 1 amide bonds. The summed E-state index contributed by atoms with van der Waals surface area (Å²) in [7, 11) is 0. The normalized spacial score (nSPS) is 20.7. The number of hydrogen-bond acceptors (Lipinski definition) is 2. The van der Waals surface area contributed by atoms with E-state index >= 15 is 0 Å². The standard InChI is InChI=1S/C11H12ClNO2/c12-10-4-2-1-3-9(10)11(15)13-6-5-8(14)7-13/h1-4,8,14H,5-7H2. The van der Waals surface area contributed by atoms with Gasteiger partial charge in [-0.2, -0.15) is 0 Å². The number of carbonyl (C=O) groups is 1. The van der Waals surface area contributed by atoms with Crippen molar-refractivity contribution in [2.24, 2.45) is 0 Å². The second kappa shape index (κ2) is 4.21. The van der Waals surface area contributed by atoms with E-state index in [1.807, 2.05) is 0 Å². The first kappa shape index (κ1) is 10.5. The first-order chi connectivity index (χ1) is 7.18. The number of halogens is 1. The maximum Gasteiger partial charge on any atom is 0.255 e. The zero-order chi connectivity index (χ0) is 10.8. The summed E-state index contributed by atoms with van der Waals surface area (Å²) >= 11 is 5.92. The van der Waals surface area contributed by atoms with E-state index in [1.54, 1.807) is 29.2 Å². The highest BCUT2D eigenvalue weighted by molar-refractivity contribution is 6.33. The van der Waals surface area contributed by atoms with Crippen LogP contribution in [0.4, 0.5) is 0 Å². The average molecular weight is 226 g/mol. The van der Waals surface area contributed by atoms with Gasteiger partial charge in [0, 0.05) is 13.1 Å². The molecule has 0 aliphatic carbocycles. The number of aliphatic hydroxyl groups is 1. The van der Waals surface area contributed by atoms with Crippen LogP contribution in [0.25, 0.3) is 0 Å². The highest BCUT2D eigenvalue weighted by atomic mass is 35.5. The van der Waals surface area contributed by atoms with Crippen LogP contribution in [0.2, 0.25) is 5.02 Å². The summed E-state index contributed by atoms with van der Waals surface area (Å²) in [4.78, 5) is 13.6. The molecule has 1 aromatic rings. The molecule has 2 rings (SSSR count). The maximum atomic E-state index is 11.9. The fourth-order valence-corrected chi connectivity index (χ4v) is 1.95. The second-order valence-electron chi connectivity index (χ2n) is 3.67. The number of rotatable bonds is 1. The molecule has 3 nitrogen and oxygen atoms in total. The highest BCUT2D eigenvalue weighted by Crippen LogP contribution is 2.19. The Morgan fingerprint density at radius 1 is 1.47 bits per heavy atom. The van der Waals surface area contributed by atoms with Gasteiger partial charge in [-0.3, -0.25) is 4.79 Å². The molecule has 4 heteroatoms. The summed E-state index contributed by atoms with van der Waals surface area (Å²) in [6.45, 7) is 1.01. The van der Waals surface area contributed by atoms with Gasteiger partial charge in [-0.05, 0) is 18.6 Å². The smallest absolute Gasteiger partial charge is 0.255 e. The van der Waals surface area contributed by atoms with Gasteiger partial charge in [-0.15, -0.1) is 0 Å². The summed E-state index contributed by atoms with van der Waals surface area (Å²) in [6.07, 6.45) is 0.257. The monoisotopic (exact) mass is 225 g/mol. The third-order valence-corrected chi connectivity index (χ3v) is 2.88. The lowest BCUT2D eigenvalue weighted by Crippen LogP contribution is -2.29. The Morgan fingerprint density at radius 2 is 2.20 bits per heavy atom. The van der Waals surface area contributed by atoms with E-state index < -0.39 is 6.10 Å². The van der Waals surface area contributed by atoms with Crippen molar-refractivity contribution in [2.75, 3.05) is 13.1 Å². The largest absolute Gasteiger partial charge is 0.391 e. The number of benzene rings is 1. The molecule has 1 aliphatic rings. The van der Waals surface area contributed by atoms with E-state index in [0.717, 1.165) is 0 Å². The van der Waals surface area contributed by atoms with Crippen molar-refractivity contribution in [2.45, 2.75) is 12.5 Å². The van der Waals surface area contributed by atoms with Crippen LogP contribution in [-0.2, 0) is 0 Å². The quantitative estimate of drug-likeness (QED) is 0.788. The molecule has 1 unspecified atom stereocenters. The van der Waals surface area contributed by atoms with Crippen molar-refractivity contribution < 1.29 is 9.90 Å². The lowest BCUT2D eigenvalue weighted by molar-refractivity contribution is 0.0765. The predicted octanol–water partition coefficient (Wildman–Crippen LogP) is 1.55. The van der Waals surface area contributed by atoms with E-state index in [9.17, 15) is 9.90 Å². The van der Waals surface area contributed by atoms with Crippen LogP contribution in [0.1, 0.15) is 16.8 Å². The SMILES string of the molecule is O=C(c1ccccc1Cl)N1CCC(O)C1. The van der Waals surface area contributed by atoms with Crippen molar-refractivity contribution in [1.82, 2.24) is 4.90 Å². The van der Waals surface area contributed by atoms with Crippen LogP contribution in [0.3, 0.4) is 0 Å². The van der Waals surface area contributed by atoms with Gasteiger partial charge in [0.25, 0.3) is 5.91 Å². The van der Waals surface area contributed by atoms with E-state index in [2.05, 4.69) is 0 Å². The van der Waals surface area contributed by atoms with Crippen molar-refractivity contribution in [1.29, 1.82) is 0 Å². The summed E-state index contributed by atoms with van der Waals surface area (Å²) < 4.78 is 0. The number of likely N-dealkylation sites (tertiary alicyclic amines) is 1. The van der Waals surface area contributed by atoms with Gasteiger partial charge >= 0.3 is 0 Å². The Bertz CT molecular complexity index is 381. The summed E-state index contributed by atoms with van der Waals surface area (Å²) in [5, 5.41) is 9.80. The molecule has 0 aromatic heterocycles. The van der Waals surface area contributed by atoms with Crippen molar-refractivity contribution >= 4 is 17.5 Å². The number of β-amino-alcohol motifs (C(OH)–C–C–N with tert-alkyl or cyclic N) is 1. The topological polar surface area (TPSA) is 40.5 Å². The number of amides is 1. The Labute approximate surface area is 93.3 Å². The molecule has 0 radical (unpaired) electrons. The molecule has 1 saturated heterocycles. The van der Waals surface area contributed by atoms with Crippen LogP contribution in [0.5, 0.6) is 0 Å². The molecular weight excluding hydrogens is 214 g/mol. The molecular formula is C11H12ClNO2. The van der Waals surface area contributed by atoms with Crippen LogP contribution in [0.15, 0.2) is 24.3 Å². The Morgan fingerprint density at radius 3 is 2.80 bits per heavy atom. The minimum absolute atomic E-state index is 0.0999. The number of nitrogens with zero attached hydrogens (tertiary/aromatic N) is 1. The van der Waals surface area contributed by atoms with Crippen LogP contribution in [0, 0.1) is 0 Å². The third-order valence-electron chi connectivity index (χ3n) is 2.55. The number of hydrogen-bond donors (Lipinski definition) is 1. The molecule has 15 heavy (non-hydrogen) atoms. The van der Waals surface area contributed by atoms with Crippen LogP contribution in [-0.4, -0.2) is 35.1 Å². The highest BCUT2D eigenvalue weighted by Gasteiger charge is 2.26. The molecule has 0 spiro atoms. The molecule has 0 bridgehead atoms. The van der Waals surface area contributed by atoms with Gasteiger partial charge in [0.1, 0.15) is 0 Å². The molecule has 80 valence electrons. The van der Waals surface area contributed by atoms with Crippen molar-refractivity contribution in [3.05, 3.63) is 34.9 Å². The first-order valence-electron chi connectivity index (χ1n) is 4.90. The van der Waals surface area contributed by atoms with Crippen molar-refractivity contribution in [3.63, 3.8) is 0 Å². The Kier molecular flexibility index (Phi) is 2.93. The third kappa shape index (κ3) is 2.13.